The Bertz CT molecular complexity index is 1200. The number of methoxy groups -OCH3 is 1. The molecule has 0 fully saturated rings. The van der Waals surface area contributed by atoms with Gasteiger partial charge in [0.05, 0.1) is 7.11 Å². The fourth-order valence-corrected chi connectivity index (χ4v) is 4.06. The van der Waals surface area contributed by atoms with Gasteiger partial charge in [-0.1, -0.05) is 72.3 Å². The lowest BCUT2D eigenvalue weighted by Gasteiger charge is -2.36. The van der Waals surface area contributed by atoms with E-state index in [1.807, 2.05) is 12.1 Å². The summed E-state index contributed by atoms with van der Waals surface area (Å²) in [5.41, 5.74) is 3.83. The molecule has 0 bridgehead atoms. The van der Waals surface area contributed by atoms with E-state index in [-0.39, 0.29) is 0 Å². The number of rotatable bonds is 3. The molecule has 1 aliphatic heterocycles. The molecule has 0 aliphatic carbocycles. The van der Waals surface area contributed by atoms with Crippen LogP contribution in [0.5, 0.6) is 11.5 Å². The second kappa shape index (κ2) is 6.82. The molecular formula is C27H22O2. The minimum Gasteiger partial charge on any atom is -0.497 e. The van der Waals surface area contributed by atoms with E-state index in [0.717, 1.165) is 28.2 Å². The lowest BCUT2D eigenvalue weighted by molar-refractivity contribution is 0.161. The average Bonchev–Trinajstić information content (AvgIpc) is 2.79. The molecule has 4 aromatic rings. The van der Waals surface area contributed by atoms with Crippen LogP contribution in [0.2, 0.25) is 0 Å². The third kappa shape index (κ3) is 2.89. The molecule has 142 valence electrons. The van der Waals surface area contributed by atoms with E-state index in [1.54, 1.807) is 7.11 Å². The van der Waals surface area contributed by atoms with Crippen molar-refractivity contribution in [1.29, 1.82) is 0 Å². The molecular weight excluding hydrogens is 356 g/mol. The first-order chi connectivity index (χ1) is 14.2. The van der Waals surface area contributed by atoms with Gasteiger partial charge in [0.1, 0.15) is 11.5 Å². The summed E-state index contributed by atoms with van der Waals surface area (Å²) in [6.45, 7) is 2.10. The lowest BCUT2D eigenvalue weighted by atomic mass is 9.83. The maximum atomic E-state index is 6.79. The first-order valence-electron chi connectivity index (χ1n) is 9.81. The summed E-state index contributed by atoms with van der Waals surface area (Å²) in [6, 6.07) is 29.3. The Kier molecular flexibility index (Phi) is 4.13. The van der Waals surface area contributed by atoms with Crippen LogP contribution in [0.15, 0.2) is 91.0 Å². The highest BCUT2D eigenvalue weighted by Gasteiger charge is 2.37. The Hall–Kier alpha value is -3.52. The van der Waals surface area contributed by atoms with Crippen molar-refractivity contribution >= 4 is 16.8 Å². The molecule has 0 spiro atoms. The predicted octanol–water partition coefficient (Wildman–Crippen LogP) is 6.51. The van der Waals surface area contributed by atoms with Crippen molar-refractivity contribution in [2.75, 3.05) is 7.11 Å². The van der Waals surface area contributed by atoms with E-state index in [1.165, 1.54) is 16.3 Å². The van der Waals surface area contributed by atoms with Gasteiger partial charge in [-0.25, -0.2) is 0 Å². The Morgan fingerprint density at radius 1 is 0.759 bits per heavy atom. The third-order valence-corrected chi connectivity index (χ3v) is 5.69. The molecule has 1 atom stereocenters. The van der Waals surface area contributed by atoms with E-state index in [4.69, 9.17) is 9.47 Å². The van der Waals surface area contributed by atoms with Gasteiger partial charge in [0.25, 0.3) is 0 Å². The Balaban J connectivity index is 1.71. The van der Waals surface area contributed by atoms with Gasteiger partial charge in [0, 0.05) is 16.7 Å². The van der Waals surface area contributed by atoms with Crippen LogP contribution in [0, 0.1) is 6.92 Å². The molecule has 2 nitrogen and oxygen atoms in total. The van der Waals surface area contributed by atoms with Gasteiger partial charge in [-0.3, -0.25) is 0 Å². The summed E-state index contributed by atoms with van der Waals surface area (Å²) < 4.78 is 12.1. The zero-order valence-electron chi connectivity index (χ0n) is 16.6. The van der Waals surface area contributed by atoms with Crippen LogP contribution in [0.3, 0.4) is 0 Å². The molecule has 4 aromatic carbocycles. The number of aryl methyl sites for hydroxylation is 1. The van der Waals surface area contributed by atoms with E-state index in [9.17, 15) is 0 Å². The predicted molar refractivity (Wildman–Crippen MR) is 119 cm³/mol. The Morgan fingerprint density at radius 3 is 2.17 bits per heavy atom. The highest BCUT2D eigenvalue weighted by atomic mass is 16.5. The molecule has 0 amide bonds. The average molecular weight is 378 g/mol. The maximum Gasteiger partial charge on any atom is 0.178 e. The van der Waals surface area contributed by atoms with Crippen LogP contribution in [-0.2, 0) is 5.60 Å². The van der Waals surface area contributed by atoms with E-state index in [0.29, 0.717) is 0 Å². The van der Waals surface area contributed by atoms with Crippen molar-refractivity contribution in [3.63, 3.8) is 0 Å². The van der Waals surface area contributed by atoms with E-state index in [2.05, 4.69) is 91.9 Å². The van der Waals surface area contributed by atoms with Crippen LogP contribution < -0.4 is 9.47 Å². The first kappa shape index (κ1) is 17.6. The highest BCUT2D eigenvalue weighted by molar-refractivity contribution is 5.94. The molecule has 0 radical (unpaired) electrons. The zero-order valence-corrected chi connectivity index (χ0v) is 16.6. The van der Waals surface area contributed by atoms with Crippen molar-refractivity contribution < 1.29 is 9.47 Å². The molecule has 0 saturated carbocycles. The molecule has 0 saturated heterocycles. The number of hydrogen-bond acceptors (Lipinski definition) is 2. The molecule has 1 unspecified atom stereocenters. The largest absolute Gasteiger partial charge is 0.497 e. The number of fused-ring (bicyclic) bond motifs is 3. The molecule has 5 rings (SSSR count). The third-order valence-electron chi connectivity index (χ3n) is 5.69. The number of hydrogen-bond donors (Lipinski definition) is 0. The standard InChI is InChI=1S/C27H22O2/c1-19-7-10-21(11-8-19)27(22-12-14-23(28-2)15-13-22)18-17-25-24-6-4-3-5-20(24)9-16-26(25)29-27/h3-18H,1-2H3. The van der Waals surface area contributed by atoms with Gasteiger partial charge >= 0.3 is 0 Å². The molecule has 29 heavy (non-hydrogen) atoms. The van der Waals surface area contributed by atoms with Gasteiger partial charge in [0.15, 0.2) is 5.60 Å². The number of ether oxygens (including phenoxy) is 2. The second-order valence-corrected chi connectivity index (χ2v) is 7.46. The van der Waals surface area contributed by atoms with Crippen molar-refractivity contribution in [3.05, 3.63) is 113 Å². The molecule has 0 aromatic heterocycles. The molecule has 1 heterocycles. The van der Waals surface area contributed by atoms with Gasteiger partial charge in [-0.2, -0.15) is 0 Å². The maximum absolute atomic E-state index is 6.79. The summed E-state index contributed by atoms with van der Waals surface area (Å²) in [4.78, 5) is 0. The first-order valence-corrected chi connectivity index (χ1v) is 9.81. The van der Waals surface area contributed by atoms with Crippen LogP contribution in [0.4, 0.5) is 0 Å². The molecule has 2 heteroatoms. The van der Waals surface area contributed by atoms with E-state index >= 15 is 0 Å². The van der Waals surface area contributed by atoms with Crippen LogP contribution in [0.25, 0.3) is 16.8 Å². The fourth-order valence-electron chi connectivity index (χ4n) is 4.06. The molecule has 0 N–H and O–H groups in total. The summed E-state index contributed by atoms with van der Waals surface area (Å²) in [6.07, 6.45) is 4.37. The SMILES string of the molecule is COc1ccc(C2(c3ccc(C)cc3)C=Cc3c(ccc4ccccc34)O2)cc1. The van der Waals surface area contributed by atoms with E-state index < -0.39 is 5.60 Å². The second-order valence-electron chi connectivity index (χ2n) is 7.46. The van der Waals surface area contributed by atoms with Crippen molar-refractivity contribution in [3.8, 4) is 11.5 Å². The van der Waals surface area contributed by atoms with Gasteiger partial charge in [0.2, 0.25) is 0 Å². The number of benzene rings is 4. The fraction of sp³-hybridized carbons (Fsp3) is 0.111. The summed E-state index contributed by atoms with van der Waals surface area (Å²) >= 11 is 0. The minimum atomic E-state index is -0.685. The minimum absolute atomic E-state index is 0.685. The van der Waals surface area contributed by atoms with Gasteiger partial charge < -0.3 is 9.47 Å². The Labute approximate surface area is 171 Å². The van der Waals surface area contributed by atoms with Crippen LogP contribution in [0.1, 0.15) is 22.3 Å². The van der Waals surface area contributed by atoms with Crippen molar-refractivity contribution in [1.82, 2.24) is 0 Å². The summed E-state index contributed by atoms with van der Waals surface area (Å²) in [5.74, 6) is 1.72. The molecule has 1 aliphatic rings. The lowest BCUT2D eigenvalue weighted by Crippen LogP contribution is -2.34. The summed E-state index contributed by atoms with van der Waals surface area (Å²) in [5, 5.41) is 2.42. The smallest absolute Gasteiger partial charge is 0.178 e. The Morgan fingerprint density at radius 2 is 1.45 bits per heavy atom. The highest BCUT2D eigenvalue weighted by Crippen LogP contribution is 2.44. The van der Waals surface area contributed by atoms with Crippen molar-refractivity contribution in [2.24, 2.45) is 0 Å². The summed E-state index contributed by atoms with van der Waals surface area (Å²) in [7, 11) is 1.68. The normalized spacial score (nSPS) is 17.6. The zero-order chi connectivity index (χ0) is 19.8. The van der Waals surface area contributed by atoms with Crippen molar-refractivity contribution in [2.45, 2.75) is 12.5 Å². The van der Waals surface area contributed by atoms with Crippen LogP contribution in [-0.4, -0.2) is 7.11 Å². The van der Waals surface area contributed by atoms with Gasteiger partial charge in [-0.05, 0) is 48.0 Å². The monoisotopic (exact) mass is 378 g/mol. The topological polar surface area (TPSA) is 18.5 Å². The quantitative estimate of drug-likeness (QED) is 0.405. The van der Waals surface area contributed by atoms with Gasteiger partial charge in [-0.15, -0.1) is 0 Å². The van der Waals surface area contributed by atoms with Crippen LogP contribution >= 0.6 is 0 Å².